The van der Waals surface area contributed by atoms with Crippen molar-refractivity contribution in [1.29, 1.82) is 0 Å². The lowest BCUT2D eigenvalue weighted by Crippen LogP contribution is -2.31. The molecule has 2 aliphatic rings. The molecule has 3 rings (SSSR count). The molecule has 2 saturated carbocycles. The van der Waals surface area contributed by atoms with E-state index in [0.717, 1.165) is 42.1 Å². The van der Waals surface area contributed by atoms with Crippen molar-refractivity contribution in [3.63, 3.8) is 0 Å². The van der Waals surface area contributed by atoms with Crippen molar-refractivity contribution in [3.05, 3.63) is 35.9 Å². The van der Waals surface area contributed by atoms with Gasteiger partial charge in [-0.2, -0.15) is 0 Å². The van der Waals surface area contributed by atoms with E-state index in [-0.39, 0.29) is 18.7 Å². The lowest BCUT2D eigenvalue weighted by Gasteiger charge is -2.33. The topological polar surface area (TPSA) is 35.5 Å². The van der Waals surface area contributed by atoms with E-state index in [4.69, 9.17) is 9.47 Å². The fraction of sp³-hybridized carbons (Fsp3) is 0.632. The van der Waals surface area contributed by atoms with Crippen LogP contribution in [0.5, 0.6) is 0 Å². The van der Waals surface area contributed by atoms with Gasteiger partial charge in [0, 0.05) is 0 Å². The molecule has 1 aromatic rings. The summed E-state index contributed by atoms with van der Waals surface area (Å²) in [5.41, 5.74) is 1.01. The highest BCUT2D eigenvalue weighted by Gasteiger charge is 2.44. The summed E-state index contributed by atoms with van der Waals surface area (Å²) in [6.45, 7) is 5.15. The first-order chi connectivity index (χ1) is 10.6. The Balaban J connectivity index is 1.41. The second-order valence-corrected chi connectivity index (χ2v) is 7.05. The molecule has 0 aliphatic heterocycles. The van der Waals surface area contributed by atoms with Gasteiger partial charge in [-0.25, -0.2) is 4.79 Å². The van der Waals surface area contributed by atoms with Crippen molar-refractivity contribution in [1.82, 2.24) is 0 Å². The summed E-state index contributed by atoms with van der Waals surface area (Å²) in [5, 5.41) is 0. The summed E-state index contributed by atoms with van der Waals surface area (Å²) >= 11 is 0. The van der Waals surface area contributed by atoms with Gasteiger partial charge in [0.1, 0.15) is 13.2 Å². The Kier molecular flexibility index (Phi) is 4.82. The second-order valence-electron chi connectivity index (χ2n) is 7.05. The zero-order valence-corrected chi connectivity index (χ0v) is 13.5. The standard InChI is InChI=1S/C19H26O3/c1-13-8-16-9-17(10-18(13)14(16)2)21-12-19(20)22-11-15-6-4-3-5-7-15/h3-7,13-14,16-18H,8-12H2,1-2H3/t13-,14+,16+,17+,18+/m0/s1. The van der Waals surface area contributed by atoms with Gasteiger partial charge in [-0.3, -0.25) is 0 Å². The van der Waals surface area contributed by atoms with Gasteiger partial charge in [-0.15, -0.1) is 0 Å². The van der Waals surface area contributed by atoms with E-state index in [1.807, 2.05) is 30.3 Å². The number of carbonyl (C=O) groups is 1. The SMILES string of the molecule is C[C@@H]1[C@H]2C[C@@H](OCC(=O)OCc3ccccc3)C[C@@H]1[C@@H](C)C2. The number of esters is 1. The fourth-order valence-corrected chi connectivity index (χ4v) is 4.33. The molecule has 22 heavy (non-hydrogen) atoms. The predicted molar refractivity (Wildman–Crippen MR) is 85.1 cm³/mol. The van der Waals surface area contributed by atoms with Gasteiger partial charge < -0.3 is 9.47 Å². The summed E-state index contributed by atoms with van der Waals surface area (Å²) in [7, 11) is 0. The maximum Gasteiger partial charge on any atom is 0.332 e. The minimum absolute atomic E-state index is 0.0830. The Morgan fingerprint density at radius 1 is 1.14 bits per heavy atom. The molecule has 0 spiro atoms. The third-order valence-electron chi connectivity index (χ3n) is 5.60. The summed E-state index contributed by atoms with van der Waals surface area (Å²) in [6, 6.07) is 9.75. The molecule has 0 unspecified atom stereocenters. The number of benzene rings is 1. The molecule has 0 N–H and O–H groups in total. The third-order valence-corrected chi connectivity index (χ3v) is 5.60. The van der Waals surface area contributed by atoms with E-state index < -0.39 is 0 Å². The molecule has 2 aliphatic carbocycles. The maximum atomic E-state index is 11.8. The number of ether oxygens (including phenoxy) is 2. The number of fused-ring (bicyclic) bond motifs is 2. The lowest BCUT2D eigenvalue weighted by molar-refractivity contribution is -0.153. The summed E-state index contributed by atoms with van der Waals surface area (Å²) in [6.07, 6.45) is 3.77. The molecule has 0 aromatic heterocycles. The molecule has 120 valence electrons. The Hall–Kier alpha value is -1.35. The zero-order chi connectivity index (χ0) is 15.5. The summed E-state index contributed by atoms with van der Waals surface area (Å²) < 4.78 is 11.1. The van der Waals surface area contributed by atoms with Crippen molar-refractivity contribution in [2.24, 2.45) is 23.7 Å². The van der Waals surface area contributed by atoms with Gasteiger partial charge in [-0.05, 0) is 48.5 Å². The van der Waals surface area contributed by atoms with Gasteiger partial charge in [0.25, 0.3) is 0 Å². The largest absolute Gasteiger partial charge is 0.459 e. The number of hydrogen-bond donors (Lipinski definition) is 0. The molecule has 0 amide bonds. The third kappa shape index (κ3) is 3.52. The lowest BCUT2D eigenvalue weighted by atomic mass is 9.77. The van der Waals surface area contributed by atoms with Gasteiger partial charge in [-0.1, -0.05) is 44.2 Å². The molecular weight excluding hydrogens is 276 g/mol. The first-order valence-corrected chi connectivity index (χ1v) is 8.44. The highest BCUT2D eigenvalue weighted by atomic mass is 16.6. The minimum atomic E-state index is -0.261. The Morgan fingerprint density at radius 3 is 2.64 bits per heavy atom. The van der Waals surface area contributed by atoms with Crippen molar-refractivity contribution < 1.29 is 14.3 Å². The highest BCUT2D eigenvalue weighted by Crippen LogP contribution is 2.50. The first-order valence-electron chi connectivity index (χ1n) is 8.44. The molecule has 1 aromatic carbocycles. The van der Waals surface area contributed by atoms with Crippen LogP contribution in [0.25, 0.3) is 0 Å². The van der Waals surface area contributed by atoms with Crippen LogP contribution < -0.4 is 0 Å². The monoisotopic (exact) mass is 302 g/mol. The minimum Gasteiger partial charge on any atom is -0.459 e. The average Bonchev–Trinajstić information content (AvgIpc) is 2.70. The molecule has 3 heteroatoms. The molecule has 2 bridgehead atoms. The average molecular weight is 302 g/mol. The zero-order valence-electron chi connectivity index (χ0n) is 13.5. The Bertz CT molecular complexity index is 499. The van der Waals surface area contributed by atoms with Gasteiger partial charge in [0.15, 0.2) is 0 Å². The predicted octanol–water partition coefficient (Wildman–Crippen LogP) is 3.82. The molecule has 2 fully saturated rings. The maximum absolute atomic E-state index is 11.8. The van der Waals surface area contributed by atoms with E-state index in [2.05, 4.69) is 13.8 Å². The van der Waals surface area contributed by atoms with Crippen molar-refractivity contribution in [3.8, 4) is 0 Å². The highest BCUT2D eigenvalue weighted by molar-refractivity contribution is 5.70. The van der Waals surface area contributed by atoms with Crippen LogP contribution in [-0.4, -0.2) is 18.7 Å². The molecule has 3 nitrogen and oxygen atoms in total. The number of carbonyl (C=O) groups excluding carboxylic acids is 1. The Morgan fingerprint density at radius 2 is 1.91 bits per heavy atom. The van der Waals surface area contributed by atoms with Crippen molar-refractivity contribution in [2.75, 3.05) is 6.61 Å². The normalized spacial score (nSPS) is 33.6. The van der Waals surface area contributed by atoms with Crippen LogP contribution in [0.15, 0.2) is 30.3 Å². The molecule has 0 radical (unpaired) electrons. The van der Waals surface area contributed by atoms with E-state index in [9.17, 15) is 4.79 Å². The summed E-state index contributed by atoms with van der Waals surface area (Å²) in [4.78, 5) is 11.8. The molecule has 0 heterocycles. The number of rotatable bonds is 5. The van der Waals surface area contributed by atoms with E-state index in [1.54, 1.807) is 0 Å². The fourth-order valence-electron chi connectivity index (χ4n) is 4.33. The smallest absolute Gasteiger partial charge is 0.332 e. The van der Waals surface area contributed by atoms with Crippen LogP contribution >= 0.6 is 0 Å². The quantitative estimate of drug-likeness (QED) is 0.776. The summed E-state index contributed by atoms with van der Waals surface area (Å²) in [5.74, 6) is 2.91. The Labute approximate surface area is 133 Å². The molecule has 5 atom stereocenters. The van der Waals surface area contributed by atoms with Crippen molar-refractivity contribution >= 4 is 5.97 Å². The van der Waals surface area contributed by atoms with Crippen LogP contribution in [0.3, 0.4) is 0 Å². The van der Waals surface area contributed by atoms with E-state index in [1.165, 1.54) is 6.42 Å². The van der Waals surface area contributed by atoms with E-state index >= 15 is 0 Å². The number of hydrogen-bond acceptors (Lipinski definition) is 3. The van der Waals surface area contributed by atoms with Crippen LogP contribution in [-0.2, 0) is 20.9 Å². The van der Waals surface area contributed by atoms with Gasteiger partial charge >= 0.3 is 5.97 Å². The van der Waals surface area contributed by atoms with Gasteiger partial charge in [0.05, 0.1) is 6.10 Å². The van der Waals surface area contributed by atoms with Crippen LogP contribution in [0.4, 0.5) is 0 Å². The molecule has 0 saturated heterocycles. The van der Waals surface area contributed by atoms with E-state index in [0.29, 0.717) is 6.61 Å². The van der Waals surface area contributed by atoms with Crippen LogP contribution in [0.2, 0.25) is 0 Å². The van der Waals surface area contributed by atoms with Crippen molar-refractivity contribution in [2.45, 2.75) is 45.8 Å². The van der Waals surface area contributed by atoms with Crippen LogP contribution in [0.1, 0.15) is 38.7 Å². The second kappa shape index (κ2) is 6.82. The van der Waals surface area contributed by atoms with Crippen LogP contribution in [0, 0.1) is 23.7 Å². The first kappa shape index (κ1) is 15.5. The molecular formula is C19H26O3. The van der Waals surface area contributed by atoms with Gasteiger partial charge in [0.2, 0.25) is 0 Å².